The molecule has 1 saturated carbocycles. The molecular weight excluding hydrogens is 425 g/mol. The summed E-state index contributed by atoms with van der Waals surface area (Å²) < 4.78 is 47.6. The quantitative estimate of drug-likeness (QED) is 0.609. The Morgan fingerprint density at radius 2 is 2.00 bits per heavy atom. The Morgan fingerprint density at radius 1 is 1.22 bits per heavy atom. The van der Waals surface area contributed by atoms with Gasteiger partial charge >= 0.3 is 12.6 Å². The summed E-state index contributed by atoms with van der Waals surface area (Å²) in [4.78, 5) is 24.4. The summed E-state index contributed by atoms with van der Waals surface area (Å²) in [6, 6.07) is 7.79. The standard InChI is InChI=1S/C23H19F3N2O4/c24-18-9-27-8-12-7-11(1-4-14(12)18)15-5-6-16-19(21(15)32-23(25)26)28(13-2-3-13)10-17(20(16)29)22(30)31/h1,4-7,10,13,18,23,27H,2-3,8-9H2,(H,30,31)/t18-/m1/s1. The zero-order valence-electron chi connectivity index (χ0n) is 16.8. The third-order valence-corrected chi connectivity index (χ3v) is 5.96. The number of nitrogens with one attached hydrogen (secondary N) is 1. The van der Waals surface area contributed by atoms with Gasteiger partial charge in [-0.2, -0.15) is 8.78 Å². The summed E-state index contributed by atoms with van der Waals surface area (Å²) in [7, 11) is 0. The van der Waals surface area contributed by atoms with E-state index in [1.807, 2.05) is 0 Å². The minimum atomic E-state index is -3.16. The van der Waals surface area contributed by atoms with Crippen molar-refractivity contribution in [3.63, 3.8) is 0 Å². The lowest BCUT2D eigenvalue weighted by Gasteiger charge is -2.23. The average Bonchev–Trinajstić information content (AvgIpc) is 3.59. The Kier molecular flexibility index (Phi) is 4.93. The number of aromatic nitrogens is 1. The number of aromatic carboxylic acids is 1. The summed E-state index contributed by atoms with van der Waals surface area (Å²) in [5.74, 6) is -1.58. The maximum absolute atomic E-state index is 14.2. The Morgan fingerprint density at radius 3 is 2.69 bits per heavy atom. The van der Waals surface area contributed by atoms with Crippen molar-refractivity contribution in [2.45, 2.75) is 38.2 Å². The topological polar surface area (TPSA) is 80.6 Å². The number of nitrogens with zero attached hydrogens (tertiary/aromatic N) is 1. The van der Waals surface area contributed by atoms with Crippen LogP contribution in [0.1, 0.15) is 46.5 Å². The number of hydrogen-bond acceptors (Lipinski definition) is 4. The number of benzene rings is 2. The second-order valence-electron chi connectivity index (χ2n) is 8.04. The van der Waals surface area contributed by atoms with Crippen LogP contribution in [0.3, 0.4) is 0 Å². The number of fused-ring (bicyclic) bond motifs is 2. The van der Waals surface area contributed by atoms with Crippen LogP contribution in [-0.2, 0) is 6.54 Å². The molecule has 1 aliphatic carbocycles. The van der Waals surface area contributed by atoms with Crippen molar-refractivity contribution in [3.8, 4) is 16.9 Å². The van der Waals surface area contributed by atoms with Crippen LogP contribution in [0.25, 0.3) is 22.0 Å². The minimum absolute atomic E-state index is 0.000325. The Hall–Kier alpha value is -3.33. The Labute approximate surface area is 180 Å². The normalized spacial score (nSPS) is 18.1. The Bertz CT molecular complexity index is 1300. The van der Waals surface area contributed by atoms with Gasteiger partial charge in [-0.25, -0.2) is 9.18 Å². The van der Waals surface area contributed by atoms with E-state index in [4.69, 9.17) is 4.74 Å². The fourth-order valence-corrected chi connectivity index (χ4v) is 4.32. The number of alkyl halides is 3. The number of ether oxygens (including phenoxy) is 1. The molecule has 1 atom stereocenters. The zero-order chi connectivity index (χ0) is 22.6. The number of carboxylic acid groups (broad SMARTS) is 1. The molecule has 2 heterocycles. The summed E-state index contributed by atoms with van der Waals surface area (Å²) >= 11 is 0. The first-order valence-corrected chi connectivity index (χ1v) is 10.2. The molecular formula is C23H19F3N2O4. The zero-order valence-corrected chi connectivity index (χ0v) is 16.8. The molecule has 1 fully saturated rings. The van der Waals surface area contributed by atoms with Gasteiger partial charge in [-0.1, -0.05) is 12.1 Å². The molecule has 32 heavy (non-hydrogen) atoms. The highest BCUT2D eigenvalue weighted by molar-refractivity contribution is 5.97. The predicted molar refractivity (Wildman–Crippen MR) is 111 cm³/mol. The third kappa shape index (κ3) is 3.42. The highest BCUT2D eigenvalue weighted by atomic mass is 19.3. The lowest BCUT2D eigenvalue weighted by Crippen LogP contribution is -2.25. The van der Waals surface area contributed by atoms with Gasteiger partial charge in [-0.3, -0.25) is 4.79 Å². The fraction of sp³-hybridized carbons (Fsp3) is 0.304. The van der Waals surface area contributed by atoms with Crippen LogP contribution in [0.4, 0.5) is 13.2 Å². The van der Waals surface area contributed by atoms with E-state index in [1.54, 1.807) is 22.8 Å². The molecule has 1 aromatic heterocycles. The number of pyridine rings is 1. The fourth-order valence-electron chi connectivity index (χ4n) is 4.32. The monoisotopic (exact) mass is 444 g/mol. The van der Waals surface area contributed by atoms with Crippen molar-refractivity contribution >= 4 is 16.9 Å². The molecule has 0 bridgehead atoms. The lowest BCUT2D eigenvalue weighted by atomic mass is 9.93. The largest absolute Gasteiger partial charge is 0.477 e. The summed E-state index contributed by atoms with van der Waals surface area (Å²) in [6.07, 6.45) is 1.52. The molecule has 6 nitrogen and oxygen atoms in total. The average molecular weight is 444 g/mol. The Balaban J connectivity index is 1.79. The number of rotatable bonds is 5. The molecule has 1 aliphatic heterocycles. The van der Waals surface area contributed by atoms with Gasteiger partial charge in [0.2, 0.25) is 5.43 Å². The molecule has 9 heteroatoms. The van der Waals surface area contributed by atoms with Crippen molar-refractivity contribution in [3.05, 3.63) is 63.4 Å². The number of carboxylic acids is 1. The van der Waals surface area contributed by atoms with E-state index in [-0.39, 0.29) is 29.2 Å². The van der Waals surface area contributed by atoms with Crippen LogP contribution >= 0.6 is 0 Å². The summed E-state index contributed by atoms with van der Waals surface area (Å²) in [5, 5.41) is 12.4. The van der Waals surface area contributed by atoms with Crippen LogP contribution in [0.2, 0.25) is 0 Å². The van der Waals surface area contributed by atoms with E-state index < -0.39 is 29.7 Å². The molecule has 166 valence electrons. The maximum Gasteiger partial charge on any atom is 0.387 e. The van der Waals surface area contributed by atoms with Gasteiger partial charge < -0.3 is 19.7 Å². The van der Waals surface area contributed by atoms with E-state index in [0.717, 1.165) is 12.8 Å². The van der Waals surface area contributed by atoms with E-state index in [0.29, 0.717) is 28.8 Å². The molecule has 0 unspecified atom stereocenters. The maximum atomic E-state index is 14.2. The van der Waals surface area contributed by atoms with Gasteiger partial charge in [0.05, 0.1) is 10.9 Å². The summed E-state index contributed by atoms with van der Waals surface area (Å²) in [6.45, 7) is -2.51. The van der Waals surface area contributed by atoms with Gasteiger partial charge in [-0.15, -0.1) is 0 Å². The first-order valence-electron chi connectivity index (χ1n) is 10.2. The minimum Gasteiger partial charge on any atom is -0.477 e. The molecule has 2 aliphatic rings. The number of carbonyl (C=O) groups is 1. The second-order valence-corrected chi connectivity index (χ2v) is 8.04. The van der Waals surface area contributed by atoms with Crippen LogP contribution < -0.4 is 15.5 Å². The van der Waals surface area contributed by atoms with E-state index in [2.05, 4.69) is 5.32 Å². The van der Waals surface area contributed by atoms with Gasteiger partial charge in [0, 0.05) is 30.9 Å². The molecule has 2 N–H and O–H groups in total. The van der Waals surface area contributed by atoms with Crippen LogP contribution in [-0.4, -0.2) is 28.8 Å². The van der Waals surface area contributed by atoms with E-state index >= 15 is 0 Å². The highest BCUT2D eigenvalue weighted by Crippen LogP contribution is 2.43. The van der Waals surface area contributed by atoms with E-state index in [1.165, 1.54) is 18.3 Å². The molecule has 5 rings (SSSR count). The van der Waals surface area contributed by atoms with Crippen molar-refractivity contribution in [1.82, 2.24) is 9.88 Å². The molecule has 3 aromatic rings. The van der Waals surface area contributed by atoms with Crippen molar-refractivity contribution < 1.29 is 27.8 Å². The van der Waals surface area contributed by atoms with Crippen molar-refractivity contribution in [1.29, 1.82) is 0 Å². The number of halogens is 3. The van der Waals surface area contributed by atoms with Gasteiger partial charge in [0.15, 0.2) is 5.75 Å². The molecule has 0 spiro atoms. The van der Waals surface area contributed by atoms with E-state index in [9.17, 15) is 27.9 Å². The van der Waals surface area contributed by atoms with Crippen molar-refractivity contribution in [2.24, 2.45) is 0 Å². The van der Waals surface area contributed by atoms with Crippen LogP contribution in [0.5, 0.6) is 5.75 Å². The second kappa shape index (κ2) is 7.67. The number of hydrogen-bond donors (Lipinski definition) is 2. The third-order valence-electron chi connectivity index (χ3n) is 5.96. The van der Waals surface area contributed by atoms with Gasteiger partial charge in [-0.05, 0) is 47.7 Å². The molecule has 0 amide bonds. The van der Waals surface area contributed by atoms with Crippen LogP contribution in [0, 0.1) is 0 Å². The molecule has 0 saturated heterocycles. The predicted octanol–water partition coefficient (Wildman–Crippen LogP) is 4.42. The first-order chi connectivity index (χ1) is 15.3. The first kappa shape index (κ1) is 20.6. The van der Waals surface area contributed by atoms with Gasteiger partial charge in [0.1, 0.15) is 11.7 Å². The summed E-state index contributed by atoms with van der Waals surface area (Å²) in [5.41, 5.74) is 1.07. The lowest BCUT2D eigenvalue weighted by molar-refractivity contribution is -0.0486. The molecule has 0 radical (unpaired) electrons. The smallest absolute Gasteiger partial charge is 0.387 e. The van der Waals surface area contributed by atoms with Gasteiger partial charge in [0.25, 0.3) is 0 Å². The van der Waals surface area contributed by atoms with Crippen LogP contribution in [0.15, 0.2) is 41.3 Å². The highest BCUT2D eigenvalue weighted by Gasteiger charge is 2.30. The van der Waals surface area contributed by atoms with Crippen molar-refractivity contribution in [2.75, 3.05) is 6.54 Å². The molecule has 2 aromatic carbocycles. The SMILES string of the molecule is O=C(O)c1cn(C2CC2)c2c(OC(F)F)c(-c3ccc4c(c3)CNC[C@H]4F)ccc2c1=O.